The minimum atomic E-state index is -1.13. The Hall–Kier alpha value is -3.77. The second-order valence-corrected chi connectivity index (χ2v) is 8.85. The molecule has 2 aliphatic heterocycles. The number of aliphatic imine (C=N–C) groups is 2. The van der Waals surface area contributed by atoms with Crippen molar-refractivity contribution in [3.05, 3.63) is 46.5 Å². The first-order valence-corrected chi connectivity index (χ1v) is 12.0. The summed E-state index contributed by atoms with van der Waals surface area (Å²) in [5, 5.41) is 11.9. The molecule has 0 spiro atoms. The van der Waals surface area contributed by atoms with Gasteiger partial charge in [-0.05, 0) is 19.1 Å². The van der Waals surface area contributed by atoms with Crippen LogP contribution in [0, 0.1) is 11.6 Å². The number of amidine groups is 1. The Morgan fingerprint density at radius 2 is 1.95 bits per heavy atom. The number of rotatable bonds is 10. The lowest BCUT2D eigenvalue weighted by atomic mass is 10.0. The number of methoxy groups -OCH3 is 1. The van der Waals surface area contributed by atoms with E-state index in [0.29, 0.717) is 12.3 Å². The molecule has 0 aromatic heterocycles. The zero-order chi connectivity index (χ0) is 27.6. The number of amides is 2. The zero-order valence-corrected chi connectivity index (χ0v) is 21.5. The van der Waals surface area contributed by atoms with Crippen molar-refractivity contribution in [1.82, 2.24) is 5.32 Å². The molecule has 2 N–H and O–H groups in total. The molecule has 2 unspecified atom stereocenters. The van der Waals surface area contributed by atoms with Gasteiger partial charge in [0.05, 0.1) is 30.0 Å². The van der Waals surface area contributed by atoms with E-state index in [1.807, 2.05) is 0 Å². The Kier molecular flexibility index (Phi) is 8.12. The van der Waals surface area contributed by atoms with Gasteiger partial charge >= 0.3 is 6.03 Å². The minimum Gasteiger partial charge on any atom is -0.496 e. The Labute approximate surface area is 221 Å². The molecule has 2 aromatic rings. The quantitative estimate of drug-likeness (QED) is 0.435. The molecular weight excluding hydrogens is 526 g/mol. The number of anilines is 1. The fourth-order valence-electron chi connectivity index (χ4n) is 4.13. The van der Waals surface area contributed by atoms with Gasteiger partial charge in [0.1, 0.15) is 29.9 Å². The lowest BCUT2D eigenvalue weighted by Crippen LogP contribution is -2.46. The molecule has 13 heteroatoms. The number of ketones is 1. The highest BCUT2D eigenvalue weighted by Crippen LogP contribution is 2.42. The predicted molar refractivity (Wildman–Crippen MR) is 136 cm³/mol. The molecule has 4 rings (SSSR count). The Morgan fingerprint density at radius 3 is 2.63 bits per heavy atom. The maximum absolute atomic E-state index is 14.5. The maximum Gasteiger partial charge on any atom is 0.324 e. The largest absolute Gasteiger partial charge is 0.496 e. The number of halogens is 3. The second-order valence-electron chi connectivity index (χ2n) is 8.45. The number of Topliss-reactive ketones (excluding diaryl/α,β-unsaturated/α-hetero) is 1. The summed E-state index contributed by atoms with van der Waals surface area (Å²) in [4.78, 5) is 35.1. The summed E-state index contributed by atoms with van der Waals surface area (Å²) in [5.74, 6) is -1.94. The molecule has 2 aliphatic rings. The monoisotopic (exact) mass is 550 g/mol. The van der Waals surface area contributed by atoms with Gasteiger partial charge < -0.3 is 24.6 Å². The number of hydrogen-bond donors (Lipinski definition) is 2. The van der Waals surface area contributed by atoms with Crippen LogP contribution in [0.4, 0.5) is 19.3 Å². The standard InChI is InChI=1S/C25H25ClF2N4O6/c1-12(34)22-23-24(30-13(2)29-22)32(25(35)31-23)17-10-20(19(9-15(17)26)37-8-4-7-33)38-11-14-18(36-3)6-5-16(27)21(14)28/h5-6,9-10,23-24,33H,4,7-8,11H2,1-3H3,(H,31,35). The molecule has 0 bridgehead atoms. The smallest absolute Gasteiger partial charge is 0.324 e. The minimum absolute atomic E-state index is 0.0567. The summed E-state index contributed by atoms with van der Waals surface area (Å²) in [6, 6.07) is 3.65. The molecule has 38 heavy (non-hydrogen) atoms. The Bertz CT molecular complexity index is 1340. The van der Waals surface area contributed by atoms with Gasteiger partial charge in [-0.1, -0.05) is 11.6 Å². The second kappa shape index (κ2) is 11.3. The topological polar surface area (TPSA) is 122 Å². The van der Waals surface area contributed by atoms with Crippen LogP contribution in [-0.4, -0.2) is 61.0 Å². The van der Waals surface area contributed by atoms with E-state index in [-0.39, 0.29) is 58.2 Å². The van der Waals surface area contributed by atoms with E-state index in [1.54, 1.807) is 6.92 Å². The molecule has 0 saturated carbocycles. The number of carbonyl (C=O) groups is 2. The van der Waals surface area contributed by atoms with Gasteiger partial charge in [-0.3, -0.25) is 9.69 Å². The third-order valence-corrected chi connectivity index (χ3v) is 6.20. The molecule has 1 fully saturated rings. The maximum atomic E-state index is 14.5. The first-order chi connectivity index (χ1) is 18.2. The molecule has 10 nitrogen and oxygen atoms in total. The number of aliphatic hydroxyl groups is 1. The number of ether oxygens (including phenoxy) is 3. The molecule has 2 heterocycles. The average Bonchev–Trinajstić information content (AvgIpc) is 3.20. The van der Waals surface area contributed by atoms with Crippen molar-refractivity contribution in [3.63, 3.8) is 0 Å². The van der Waals surface area contributed by atoms with Gasteiger partial charge in [-0.2, -0.15) is 0 Å². The van der Waals surface area contributed by atoms with Crippen LogP contribution in [0.3, 0.4) is 0 Å². The van der Waals surface area contributed by atoms with Crippen LogP contribution in [0.1, 0.15) is 25.8 Å². The summed E-state index contributed by atoms with van der Waals surface area (Å²) < 4.78 is 45.1. The molecule has 0 radical (unpaired) electrons. The van der Waals surface area contributed by atoms with E-state index in [2.05, 4.69) is 15.3 Å². The van der Waals surface area contributed by atoms with Gasteiger partial charge in [-0.25, -0.2) is 23.6 Å². The normalized spacial score (nSPS) is 18.4. The lowest BCUT2D eigenvalue weighted by Gasteiger charge is -2.27. The fourth-order valence-corrected chi connectivity index (χ4v) is 4.38. The van der Waals surface area contributed by atoms with Crippen LogP contribution in [0.25, 0.3) is 0 Å². The van der Waals surface area contributed by atoms with Crippen molar-refractivity contribution in [2.75, 3.05) is 25.2 Å². The van der Waals surface area contributed by atoms with Crippen molar-refractivity contribution < 1.29 is 37.7 Å². The number of urea groups is 1. The van der Waals surface area contributed by atoms with Crippen molar-refractivity contribution in [3.8, 4) is 17.2 Å². The van der Waals surface area contributed by atoms with E-state index in [0.717, 1.165) is 6.07 Å². The highest BCUT2D eigenvalue weighted by atomic mass is 35.5. The molecule has 2 amide bonds. The number of benzene rings is 2. The Morgan fingerprint density at radius 1 is 1.21 bits per heavy atom. The van der Waals surface area contributed by atoms with Crippen molar-refractivity contribution >= 4 is 40.6 Å². The zero-order valence-electron chi connectivity index (χ0n) is 20.8. The summed E-state index contributed by atoms with van der Waals surface area (Å²) in [6.07, 6.45) is -0.545. The van der Waals surface area contributed by atoms with Crippen LogP contribution >= 0.6 is 11.6 Å². The molecule has 1 saturated heterocycles. The SMILES string of the molecule is COc1ccc(F)c(F)c1COc1cc(N2C(=O)NC3C(C(C)=O)=NC(C)=NC32)c(Cl)cc1OCCCO. The van der Waals surface area contributed by atoms with Crippen molar-refractivity contribution in [2.45, 2.75) is 39.1 Å². The molecule has 0 aliphatic carbocycles. The van der Waals surface area contributed by atoms with Gasteiger partial charge in [0.25, 0.3) is 0 Å². The summed E-state index contributed by atoms with van der Waals surface area (Å²) >= 11 is 6.56. The molecular formula is C25H25ClF2N4O6. The number of aliphatic hydroxyl groups excluding tert-OH is 1. The van der Waals surface area contributed by atoms with Gasteiger partial charge in [-0.15, -0.1) is 0 Å². The van der Waals surface area contributed by atoms with Crippen LogP contribution < -0.4 is 24.4 Å². The number of carbonyl (C=O) groups excluding carboxylic acids is 2. The van der Waals surface area contributed by atoms with Gasteiger partial charge in [0.15, 0.2) is 35.1 Å². The van der Waals surface area contributed by atoms with Crippen LogP contribution in [0.15, 0.2) is 34.3 Å². The summed E-state index contributed by atoms with van der Waals surface area (Å²) in [6.45, 7) is 2.50. The first-order valence-electron chi connectivity index (χ1n) is 11.6. The van der Waals surface area contributed by atoms with Gasteiger partial charge in [0.2, 0.25) is 0 Å². The van der Waals surface area contributed by atoms with E-state index in [4.69, 9.17) is 30.9 Å². The highest BCUT2D eigenvalue weighted by Gasteiger charge is 2.46. The van der Waals surface area contributed by atoms with Gasteiger partial charge in [0, 0.05) is 32.1 Å². The number of nitrogens with zero attached hydrogens (tertiary/aromatic N) is 3. The fraction of sp³-hybridized carbons (Fsp3) is 0.360. The van der Waals surface area contributed by atoms with Crippen LogP contribution in [-0.2, 0) is 11.4 Å². The molecule has 2 aromatic carbocycles. The lowest BCUT2D eigenvalue weighted by molar-refractivity contribution is -0.111. The van der Waals surface area contributed by atoms with E-state index in [9.17, 15) is 18.4 Å². The van der Waals surface area contributed by atoms with Crippen LogP contribution in [0.5, 0.6) is 17.2 Å². The first kappa shape index (κ1) is 27.3. The summed E-state index contributed by atoms with van der Waals surface area (Å²) in [7, 11) is 1.31. The van der Waals surface area contributed by atoms with E-state index in [1.165, 1.54) is 37.1 Å². The number of fused-ring (bicyclic) bond motifs is 1. The van der Waals surface area contributed by atoms with Crippen molar-refractivity contribution in [2.24, 2.45) is 9.98 Å². The molecule has 2 atom stereocenters. The molecule has 202 valence electrons. The van der Waals surface area contributed by atoms with Crippen molar-refractivity contribution in [1.29, 1.82) is 0 Å². The Balaban J connectivity index is 1.73. The predicted octanol–water partition coefficient (Wildman–Crippen LogP) is 3.65. The third-order valence-electron chi connectivity index (χ3n) is 5.89. The van der Waals surface area contributed by atoms with E-state index < -0.39 is 36.5 Å². The third kappa shape index (κ3) is 5.27. The average molecular weight is 551 g/mol. The highest BCUT2D eigenvalue weighted by molar-refractivity contribution is 6.44. The number of nitrogens with one attached hydrogen (secondary N) is 1. The summed E-state index contributed by atoms with van der Waals surface area (Å²) in [5.41, 5.74) is 0.164. The van der Waals surface area contributed by atoms with Crippen LogP contribution in [0.2, 0.25) is 5.02 Å². The number of hydrogen-bond acceptors (Lipinski definition) is 8. The van der Waals surface area contributed by atoms with E-state index >= 15 is 0 Å².